The second-order valence-electron chi connectivity index (χ2n) is 5.12. The summed E-state index contributed by atoms with van der Waals surface area (Å²) in [6.07, 6.45) is 0. The molecular weight excluding hydrogens is 450 g/mol. The average Bonchev–Trinajstić information content (AvgIpc) is 2.43. The predicted molar refractivity (Wildman–Crippen MR) is 82.1 cm³/mol. The summed E-state index contributed by atoms with van der Waals surface area (Å²) in [5.41, 5.74) is -12.6. The highest BCUT2D eigenvalue weighted by molar-refractivity contribution is 8.24. The third kappa shape index (κ3) is 4.13. The zero-order valence-corrected chi connectivity index (χ0v) is 15.5. The fourth-order valence-electron chi connectivity index (χ4n) is 1.76. The molecule has 0 spiro atoms. The van der Waals surface area contributed by atoms with E-state index in [1.807, 2.05) is 0 Å². The van der Waals surface area contributed by atoms with Crippen LogP contribution in [0.2, 0.25) is 0 Å². The fraction of sp³-hybridized carbons (Fsp3) is 0.333. The molecule has 0 aliphatic rings. The molecule has 0 N–H and O–H groups in total. The van der Waals surface area contributed by atoms with Gasteiger partial charge in [0.25, 0.3) is 23.6 Å². The molecule has 6 nitrogen and oxygen atoms in total. The van der Waals surface area contributed by atoms with Crippen LogP contribution in [-0.2, 0) is 29.5 Å². The molecule has 0 amide bonds. The number of alkyl halides is 6. The lowest BCUT2D eigenvalue weighted by Gasteiger charge is -2.21. The molecule has 0 heterocycles. The molecule has 154 valence electrons. The van der Waals surface area contributed by atoms with Crippen LogP contribution >= 0.6 is 0 Å². The number of rotatable bonds is 5. The van der Waals surface area contributed by atoms with Crippen molar-refractivity contribution in [1.82, 2.24) is 0 Å². The van der Waals surface area contributed by atoms with E-state index in [9.17, 15) is 51.6 Å². The SMILES string of the molecule is C=C(C)c1ccc(S(=O)(=O)C(S(=O)(=O)C(F)(F)F)S(=O)(=O)C(F)(F)F)cc1. The van der Waals surface area contributed by atoms with Gasteiger partial charge in [-0.3, -0.25) is 0 Å². The zero-order valence-electron chi connectivity index (χ0n) is 13.0. The molecule has 0 saturated carbocycles. The number of benzene rings is 1. The van der Waals surface area contributed by atoms with Crippen molar-refractivity contribution in [2.24, 2.45) is 0 Å². The van der Waals surface area contributed by atoms with E-state index < -0.39 is 49.3 Å². The first-order valence-corrected chi connectivity index (χ1v) is 11.0. The molecule has 0 bridgehead atoms. The highest BCUT2D eigenvalue weighted by atomic mass is 32.3. The van der Waals surface area contributed by atoms with Gasteiger partial charge in [-0.25, -0.2) is 25.3 Å². The maximum Gasteiger partial charge on any atom is 0.499 e. The van der Waals surface area contributed by atoms with Crippen molar-refractivity contribution in [1.29, 1.82) is 0 Å². The van der Waals surface area contributed by atoms with Crippen LogP contribution in [0.25, 0.3) is 5.57 Å². The van der Waals surface area contributed by atoms with E-state index in [0.29, 0.717) is 17.7 Å². The molecule has 0 aliphatic carbocycles. The maximum absolute atomic E-state index is 12.7. The lowest BCUT2D eigenvalue weighted by Crippen LogP contribution is -2.49. The van der Waals surface area contributed by atoms with Crippen molar-refractivity contribution < 1.29 is 51.6 Å². The molecule has 0 radical (unpaired) electrons. The fourth-order valence-corrected chi connectivity index (χ4v) is 8.91. The first-order valence-electron chi connectivity index (χ1n) is 6.38. The lowest BCUT2D eigenvalue weighted by atomic mass is 10.1. The van der Waals surface area contributed by atoms with Crippen molar-refractivity contribution in [3.05, 3.63) is 36.4 Å². The summed E-state index contributed by atoms with van der Waals surface area (Å²) >= 11 is 0. The van der Waals surface area contributed by atoms with Gasteiger partial charge in [-0.15, -0.1) is 0 Å². The zero-order chi connectivity index (χ0) is 21.6. The van der Waals surface area contributed by atoms with Gasteiger partial charge in [0.1, 0.15) is 0 Å². The van der Waals surface area contributed by atoms with Crippen LogP contribution in [0.3, 0.4) is 0 Å². The number of hydrogen-bond donors (Lipinski definition) is 0. The van der Waals surface area contributed by atoms with E-state index in [1.54, 1.807) is 0 Å². The van der Waals surface area contributed by atoms with Crippen molar-refractivity contribution >= 4 is 35.1 Å². The Balaban J connectivity index is 3.88. The Hall–Kier alpha value is -1.61. The number of halogens is 6. The summed E-state index contributed by atoms with van der Waals surface area (Å²) in [6.45, 7) is 4.90. The second-order valence-corrected chi connectivity index (χ2v) is 12.1. The van der Waals surface area contributed by atoms with Gasteiger partial charge in [0.05, 0.1) is 4.90 Å². The van der Waals surface area contributed by atoms with Gasteiger partial charge in [0, 0.05) is 0 Å². The smallest absolute Gasteiger partial charge is 0.221 e. The van der Waals surface area contributed by atoms with Gasteiger partial charge in [-0.2, -0.15) is 26.3 Å². The Kier molecular flexibility index (Phi) is 5.88. The summed E-state index contributed by atoms with van der Waals surface area (Å²) in [4.78, 5) is -1.36. The summed E-state index contributed by atoms with van der Waals surface area (Å²) in [5, 5.41) is 0. The highest BCUT2D eigenvalue weighted by Gasteiger charge is 2.68. The van der Waals surface area contributed by atoms with E-state index >= 15 is 0 Å². The molecule has 0 fully saturated rings. The van der Waals surface area contributed by atoms with E-state index in [1.165, 1.54) is 6.92 Å². The quantitative estimate of drug-likeness (QED) is 0.626. The topological polar surface area (TPSA) is 102 Å². The Morgan fingerprint density at radius 2 is 1.15 bits per heavy atom. The Bertz CT molecular complexity index is 1000. The molecule has 27 heavy (non-hydrogen) atoms. The molecule has 0 aromatic heterocycles. The molecule has 1 aromatic carbocycles. The normalized spacial score (nSPS) is 14.4. The first-order chi connectivity index (χ1) is 11.8. The second kappa shape index (κ2) is 6.77. The van der Waals surface area contributed by atoms with E-state index in [0.717, 1.165) is 12.1 Å². The third-order valence-corrected chi connectivity index (χ3v) is 11.4. The Labute approximate surface area is 150 Å². The van der Waals surface area contributed by atoms with Crippen LogP contribution in [0.5, 0.6) is 0 Å². The minimum atomic E-state index is -7.33. The summed E-state index contributed by atoms with van der Waals surface area (Å²) in [6, 6.07) is 2.77. The van der Waals surface area contributed by atoms with E-state index in [2.05, 4.69) is 6.58 Å². The minimum absolute atomic E-state index is 0.225. The molecule has 0 saturated heterocycles. The standard InChI is InChI=1S/C12H10F6O6S3/c1-7(2)8-3-5-9(6-4-8)25(19,20)10(26(21,22)11(13,14)15)27(23,24)12(16,17)18/h3-6,10H,1H2,2H3. The molecule has 1 aromatic rings. The summed E-state index contributed by atoms with van der Waals surface area (Å²) in [5.74, 6) is 0. The van der Waals surface area contributed by atoms with Crippen molar-refractivity contribution in [3.63, 3.8) is 0 Å². The maximum atomic E-state index is 12.7. The molecule has 0 aliphatic heterocycles. The minimum Gasteiger partial charge on any atom is -0.221 e. The highest BCUT2D eigenvalue weighted by Crippen LogP contribution is 2.40. The van der Waals surface area contributed by atoms with Crippen LogP contribution in [0.15, 0.2) is 35.7 Å². The van der Waals surface area contributed by atoms with Crippen molar-refractivity contribution in [2.75, 3.05) is 0 Å². The van der Waals surface area contributed by atoms with Gasteiger partial charge in [-0.05, 0) is 24.6 Å². The first kappa shape index (κ1) is 23.4. The number of allylic oxidation sites excluding steroid dienone is 1. The summed E-state index contributed by atoms with van der Waals surface area (Å²) in [7, 11) is -20.8. The van der Waals surface area contributed by atoms with Crippen LogP contribution in [-0.4, -0.2) is 40.2 Å². The van der Waals surface area contributed by atoms with Gasteiger partial charge in [0.2, 0.25) is 9.84 Å². The molecule has 1 rings (SSSR count). The Morgan fingerprint density at radius 1 is 0.815 bits per heavy atom. The third-order valence-electron chi connectivity index (χ3n) is 3.08. The van der Waals surface area contributed by atoms with E-state index in [-0.39, 0.29) is 5.56 Å². The van der Waals surface area contributed by atoms with Crippen LogP contribution in [0.1, 0.15) is 12.5 Å². The van der Waals surface area contributed by atoms with Crippen LogP contribution in [0, 0.1) is 0 Å². The Morgan fingerprint density at radius 3 is 1.41 bits per heavy atom. The van der Waals surface area contributed by atoms with E-state index in [4.69, 9.17) is 0 Å². The lowest BCUT2D eigenvalue weighted by molar-refractivity contribution is -0.0462. The molecule has 0 unspecified atom stereocenters. The van der Waals surface area contributed by atoms with Crippen LogP contribution in [0.4, 0.5) is 26.3 Å². The van der Waals surface area contributed by atoms with Gasteiger partial charge >= 0.3 is 11.0 Å². The van der Waals surface area contributed by atoms with Crippen molar-refractivity contribution in [2.45, 2.75) is 26.7 Å². The van der Waals surface area contributed by atoms with Crippen LogP contribution < -0.4 is 0 Å². The number of sulfone groups is 3. The number of hydrogen-bond acceptors (Lipinski definition) is 6. The van der Waals surface area contributed by atoms with Gasteiger partial charge in [-0.1, -0.05) is 24.3 Å². The summed E-state index contributed by atoms with van der Waals surface area (Å²) < 4.78 is 142. The monoisotopic (exact) mass is 460 g/mol. The predicted octanol–water partition coefficient (Wildman–Crippen LogP) is 2.65. The van der Waals surface area contributed by atoms with Gasteiger partial charge in [0.15, 0.2) is 0 Å². The van der Waals surface area contributed by atoms with Crippen molar-refractivity contribution in [3.8, 4) is 0 Å². The largest absolute Gasteiger partial charge is 0.499 e. The molecule has 0 atom stereocenters. The average molecular weight is 460 g/mol. The molecular formula is C12H10F6O6S3. The molecule has 15 heteroatoms. The van der Waals surface area contributed by atoms with Gasteiger partial charge < -0.3 is 0 Å².